The maximum absolute atomic E-state index is 4.26. The smallest absolute Gasteiger partial charge is 0.112 e. The van der Waals surface area contributed by atoms with E-state index in [1.807, 2.05) is 0 Å². The lowest BCUT2D eigenvalue weighted by molar-refractivity contribution is 1.13. The van der Waals surface area contributed by atoms with Gasteiger partial charge in [-0.3, -0.25) is 4.99 Å². The molecule has 0 bridgehead atoms. The summed E-state index contributed by atoms with van der Waals surface area (Å²) in [5, 5.41) is 0. The Balaban J connectivity index is 2.22. The molecule has 1 aliphatic rings. The van der Waals surface area contributed by atoms with Crippen LogP contribution < -0.4 is 0 Å². The van der Waals surface area contributed by atoms with Crippen LogP contribution in [0.4, 0.5) is 0 Å². The highest BCUT2D eigenvalue weighted by atomic mass is 79.9. The van der Waals surface area contributed by atoms with Gasteiger partial charge in [0.25, 0.3) is 0 Å². The molecule has 0 radical (unpaired) electrons. The van der Waals surface area contributed by atoms with Gasteiger partial charge in [-0.05, 0) is 24.6 Å². The van der Waals surface area contributed by atoms with Crippen molar-refractivity contribution in [2.24, 2.45) is 4.99 Å². The van der Waals surface area contributed by atoms with Crippen molar-refractivity contribution in [3.05, 3.63) is 34.3 Å². The van der Waals surface area contributed by atoms with Crippen molar-refractivity contribution in [2.75, 3.05) is 0 Å². The molecule has 0 fully saturated rings. The van der Waals surface area contributed by atoms with Gasteiger partial charge < -0.3 is 0 Å². The van der Waals surface area contributed by atoms with Crippen molar-refractivity contribution in [1.82, 2.24) is 0 Å². The van der Waals surface area contributed by atoms with Gasteiger partial charge in [-0.25, -0.2) is 0 Å². The van der Waals surface area contributed by atoms with Crippen molar-refractivity contribution in [3.63, 3.8) is 0 Å². The largest absolute Gasteiger partial charge is 0.278 e. The van der Waals surface area contributed by atoms with Crippen molar-refractivity contribution >= 4 is 21.6 Å². The van der Waals surface area contributed by atoms with E-state index in [0.717, 1.165) is 4.47 Å². The van der Waals surface area contributed by atoms with E-state index in [-0.39, 0.29) is 0 Å². The van der Waals surface area contributed by atoms with E-state index in [1.54, 1.807) is 0 Å². The summed E-state index contributed by atoms with van der Waals surface area (Å²) in [6, 6.07) is 8.71. The summed E-state index contributed by atoms with van der Waals surface area (Å²) in [4.78, 5) is 4.26. The number of hydrogen-bond donors (Lipinski definition) is 0. The lowest BCUT2D eigenvalue weighted by atomic mass is 10.1. The van der Waals surface area contributed by atoms with Crippen LogP contribution in [0.15, 0.2) is 33.7 Å². The molecule has 1 aromatic rings. The molecule has 2 heteroatoms. The van der Waals surface area contributed by atoms with Crippen LogP contribution in [0.2, 0.25) is 0 Å². The Morgan fingerprint density at radius 2 is 1.82 bits per heavy atom. The Morgan fingerprint density at radius 1 is 1.27 bits per heavy atom. The number of halogens is 1. The molecular formula is C9H8BrN. The molecule has 11 heavy (non-hydrogen) atoms. The van der Waals surface area contributed by atoms with E-state index in [1.165, 1.54) is 11.3 Å². The second-order valence-corrected chi connectivity index (χ2v) is 3.64. The van der Waals surface area contributed by atoms with Crippen LogP contribution in [-0.4, -0.2) is 5.71 Å². The molecule has 1 atom stereocenters. The highest BCUT2D eigenvalue weighted by Crippen LogP contribution is 2.30. The first-order valence-corrected chi connectivity index (χ1v) is 4.36. The van der Waals surface area contributed by atoms with E-state index in [4.69, 9.17) is 0 Å². The van der Waals surface area contributed by atoms with Crippen molar-refractivity contribution in [2.45, 2.75) is 13.0 Å². The van der Waals surface area contributed by atoms with Gasteiger partial charge in [0.2, 0.25) is 0 Å². The van der Waals surface area contributed by atoms with Gasteiger partial charge in [-0.2, -0.15) is 0 Å². The van der Waals surface area contributed by atoms with Crippen LogP contribution in [-0.2, 0) is 0 Å². The molecule has 2 rings (SSSR count). The topological polar surface area (TPSA) is 12.4 Å². The van der Waals surface area contributed by atoms with Crippen LogP contribution in [0, 0.1) is 0 Å². The quantitative estimate of drug-likeness (QED) is 0.675. The molecule has 0 amide bonds. The predicted molar refractivity (Wildman–Crippen MR) is 50.0 cm³/mol. The number of nitrogens with zero attached hydrogens (tertiary/aromatic N) is 1. The van der Waals surface area contributed by atoms with Crippen molar-refractivity contribution in [3.8, 4) is 0 Å². The molecule has 0 N–H and O–H groups in total. The highest BCUT2D eigenvalue weighted by molar-refractivity contribution is 9.10. The lowest BCUT2D eigenvalue weighted by Gasteiger charge is -1.95. The third-order valence-corrected chi connectivity index (χ3v) is 2.38. The van der Waals surface area contributed by atoms with Gasteiger partial charge in [-0.15, -0.1) is 0 Å². The minimum absolute atomic E-state index is 0.392. The summed E-state index contributed by atoms with van der Waals surface area (Å²) in [5.41, 5.74) is 2.54. The minimum atomic E-state index is 0.392. The molecule has 1 heterocycles. The molecule has 0 saturated heterocycles. The third kappa shape index (κ3) is 1.36. The summed E-state index contributed by atoms with van der Waals surface area (Å²) in [7, 11) is 0. The lowest BCUT2D eigenvalue weighted by Crippen LogP contribution is -1.84. The fraction of sp³-hybridized carbons (Fsp3) is 0.222. The van der Waals surface area contributed by atoms with Gasteiger partial charge in [0, 0.05) is 10.2 Å². The second kappa shape index (κ2) is 2.45. The first-order chi connectivity index (χ1) is 5.27. The zero-order chi connectivity index (χ0) is 7.84. The summed E-state index contributed by atoms with van der Waals surface area (Å²) in [6.07, 6.45) is 0. The van der Waals surface area contributed by atoms with Gasteiger partial charge in [0.05, 0.1) is 0 Å². The maximum Gasteiger partial charge on any atom is 0.112 e. The van der Waals surface area contributed by atoms with E-state index in [2.05, 4.69) is 52.1 Å². The number of rotatable bonds is 1. The molecular weight excluding hydrogens is 202 g/mol. The van der Waals surface area contributed by atoms with Gasteiger partial charge >= 0.3 is 0 Å². The summed E-state index contributed by atoms with van der Waals surface area (Å²) < 4.78 is 1.12. The first-order valence-electron chi connectivity index (χ1n) is 3.57. The Hall–Kier alpha value is -0.630. The molecule has 0 aromatic heterocycles. The molecule has 56 valence electrons. The summed E-state index contributed by atoms with van der Waals surface area (Å²) >= 11 is 3.39. The average molecular weight is 210 g/mol. The van der Waals surface area contributed by atoms with Crippen LogP contribution in [0.5, 0.6) is 0 Å². The van der Waals surface area contributed by atoms with E-state index in [0.29, 0.717) is 6.04 Å². The Kier molecular flexibility index (Phi) is 1.57. The number of benzene rings is 1. The zero-order valence-corrected chi connectivity index (χ0v) is 7.80. The highest BCUT2D eigenvalue weighted by Gasteiger charge is 2.23. The van der Waals surface area contributed by atoms with Crippen molar-refractivity contribution < 1.29 is 0 Å². The fourth-order valence-corrected chi connectivity index (χ4v) is 1.39. The van der Waals surface area contributed by atoms with E-state index < -0.39 is 0 Å². The van der Waals surface area contributed by atoms with Crippen LogP contribution >= 0.6 is 15.9 Å². The summed E-state index contributed by atoms with van der Waals surface area (Å²) in [6.45, 7) is 2.06. The Bertz CT molecular complexity index is 300. The van der Waals surface area contributed by atoms with Gasteiger partial charge in [-0.1, -0.05) is 28.1 Å². The van der Waals surface area contributed by atoms with Gasteiger partial charge in [0.15, 0.2) is 0 Å². The number of aliphatic imine (C=N–C) groups is 1. The molecule has 0 spiro atoms. The Labute approximate surface area is 74.3 Å². The van der Waals surface area contributed by atoms with Crippen LogP contribution in [0.25, 0.3) is 0 Å². The maximum atomic E-state index is 4.26. The molecule has 1 unspecified atom stereocenters. The summed E-state index contributed by atoms with van der Waals surface area (Å²) in [5.74, 6) is 0. The van der Waals surface area contributed by atoms with E-state index in [9.17, 15) is 0 Å². The van der Waals surface area contributed by atoms with Crippen LogP contribution in [0.1, 0.15) is 18.5 Å². The van der Waals surface area contributed by atoms with E-state index >= 15 is 0 Å². The zero-order valence-electron chi connectivity index (χ0n) is 6.21. The standard InChI is InChI=1S/C9H8BrN/c1-6-9(11-6)7-2-4-8(10)5-3-7/h2-5,9H,1H3. The van der Waals surface area contributed by atoms with Crippen LogP contribution in [0.3, 0.4) is 0 Å². The molecule has 1 aliphatic heterocycles. The fourth-order valence-electron chi connectivity index (χ4n) is 1.13. The first kappa shape index (κ1) is 7.04. The number of hydrogen-bond acceptors (Lipinski definition) is 1. The average Bonchev–Trinajstić information content (AvgIpc) is 2.69. The Morgan fingerprint density at radius 3 is 2.27 bits per heavy atom. The normalized spacial score (nSPS) is 21.3. The predicted octanol–water partition coefficient (Wildman–Crippen LogP) is 2.96. The van der Waals surface area contributed by atoms with Crippen molar-refractivity contribution in [1.29, 1.82) is 0 Å². The molecule has 1 aromatic carbocycles. The second-order valence-electron chi connectivity index (χ2n) is 2.72. The molecule has 1 nitrogen and oxygen atoms in total. The molecule has 0 aliphatic carbocycles. The SMILES string of the molecule is CC1=NC1c1ccc(Br)cc1. The monoisotopic (exact) mass is 209 g/mol. The third-order valence-electron chi connectivity index (χ3n) is 1.85. The molecule has 0 saturated carbocycles. The van der Waals surface area contributed by atoms with Gasteiger partial charge in [0.1, 0.15) is 6.04 Å². The minimum Gasteiger partial charge on any atom is -0.278 e.